The lowest BCUT2D eigenvalue weighted by atomic mass is 10.0. The Morgan fingerprint density at radius 3 is 0.903 bits per heavy atom. The Morgan fingerprint density at radius 2 is 0.583 bits per heavy atom. The summed E-state index contributed by atoms with van der Waals surface area (Å²) in [6.07, 6.45) is 90.0. The quantitative estimate of drug-likeness (QED) is 0.0420. The van der Waals surface area contributed by atoms with Crippen LogP contribution < -0.4 is 5.32 Å². The summed E-state index contributed by atoms with van der Waals surface area (Å²) in [7, 11) is 0. The fourth-order valence-corrected chi connectivity index (χ4v) is 10.0. The fraction of sp³-hybridized carbons (Fsp3) is 0.838. The molecule has 0 saturated heterocycles. The van der Waals surface area contributed by atoms with Crippen LogP contribution in [0.3, 0.4) is 0 Å². The second-order valence-corrected chi connectivity index (χ2v) is 22.2. The molecule has 1 amide bonds. The van der Waals surface area contributed by atoms with Gasteiger partial charge < -0.3 is 15.5 Å². The van der Waals surface area contributed by atoms with Gasteiger partial charge in [-0.3, -0.25) is 4.79 Å². The molecule has 2 atom stereocenters. The topological polar surface area (TPSA) is 69.6 Å². The van der Waals surface area contributed by atoms with Crippen molar-refractivity contribution in [3.63, 3.8) is 0 Å². The number of aliphatic hydroxyl groups excluding tert-OH is 2. The van der Waals surface area contributed by atoms with Crippen molar-refractivity contribution in [2.45, 2.75) is 360 Å². The third-order valence-corrected chi connectivity index (χ3v) is 15.0. The maximum absolute atomic E-state index is 12.5. The second kappa shape index (κ2) is 63.4. The Kier molecular flexibility index (Phi) is 61.7. The van der Waals surface area contributed by atoms with E-state index < -0.39 is 12.1 Å². The van der Waals surface area contributed by atoms with E-state index in [4.69, 9.17) is 0 Å². The molecule has 0 rings (SSSR count). The van der Waals surface area contributed by atoms with E-state index in [2.05, 4.69) is 67.8 Å². The van der Waals surface area contributed by atoms with Crippen LogP contribution in [0.4, 0.5) is 0 Å². The van der Waals surface area contributed by atoms with E-state index in [1.54, 1.807) is 6.08 Å². The van der Waals surface area contributed by atoms with Gasteiger partial charge in [-0.25, -0.2) is 0 Å². The Hall–Kier alpha value is -1.91. The van der Waals surface area contributed by atoms with Gasteiger partial charge >= 0.3 is 0 Å². The van der Waals surface area contributed by atoms with Crippen molar-refractivity contribution in [3.8, 4) is 0 Å². The minimum absolute atomic E-state index is 0.0713. The van der Waals surface area contributed by atoms with Crippen molar-refractivity contribution in [3.05, 3.63) is 60.8 Å². The number of hydrogen-bond acceptors (Lipinski definition) is 3. The second-order valence-electron chi connectivity index (χ2n) is 22.2. The third kappa shape index (κ3) is 59.0. The van der Waals surface area contributed by atoms with Gasteiger partial charge in [-0.2, -0.15) is 0 Å². The van der Waals surface area contributed by atoms with Gasteiger partial charge in [0.05, 0.1) is 18.8 Å². The molecule has 0 heterocycles. The number of unbranched alkanes of at least 4 members (excludes halogenated alkanes) is 45. The zero-order valence-electron chi connectivity index (χ0n) is 48.7. The lowest BCUT2D eigenvalue weighted by molar-refractivity contribution is -0.123. The summed E-state index contributed by atoms with van der Waals surface area (Å²) in [5, 5.41) is 23.2. The van der Waals surface area contributed by atoms with Crippen LogP contribution in [0.1, 0.15) is 348 Å². The summed E-state index contributed by atoms with van der Waals surface area (Å²) < 4.78 is 0. The van der Waals surface area contributed by atoms with Crippen molar-refractivity contribution < 1.29 is 15.0 Å². The highest BCUT2D eigenvalue weighted by molar-refractivity contribution is 5.76. The van der Waals surface area contributed by atoms with Crippen molar-refractivity contribution in [2.75, 3.05) is 6.61 Å². The third-order valence-electron chi connectivity index (χ3n) is 15.0. The number of carbonyl (C=O) groups is 1. The molecule has 0 aliphatic rings. The molecule has 0 aromatic rings. The highest BCUT2D eigenvalue weighted by atomic mass is 16.3. The van der Waals surface area contributed by atoms with Crippen LogP contribution >= 0.6 is 0 Å². The first-order valence-corrected chi connectivity index (χ1v) is 32.5. The standard InChI is InChI=1S/C68H127NO3/c1-3-5-7-9-11-13-15-17-19-21-23-25-27-29-31-33-34-36-37-39-41-43-45-47-49-51-53-55-57-59-61-63-67(71)66(65-70)69-68(72)64-62-60-58-56-54-52-50-48-46-44-42-40-38-35-32-30-28-26-24-22-20-18-16-14-12-10-8-6-4-2/h16,18,22,24,28,30,53,55,61,63,66-67,70-71H,3-15,17,19-21,23,25-27,29,31-52,54,56-60,62,64-65H2,1-2H3,(H,69,72)/b18-16-,24-22-,30-28-,55-53+,63-61+. The van der Waals surface area contributed by atoms with Crippen LogP contribution in [0.2, 0.25) is 0 Å². The molecular formula is C68H127NO3. The number of carbonyl (C=O) groups excluding carboxylic acids is 1. The molecule has 0 aliphatic heterocycles. The van der Waals surface area contributed by atoms with Crippen LogP contribution in [0, 0.1) is 0 Å². The minimum Gasteiger partial charge on any atom is -0.394 e. The molecule has 2 unspecified atom stereocenters. The maximum Gasteiger partial charge on any atom is 0.220 e. The lowest BCUT2D eigenvalue weighted by Crippen LogP contribution is -2.45. The smallest absolute Gasteiger partial charge is 0.220 e. The van der Waals surface area contributed by atoms with Gasteiger partial charge in [0.1, 0.15) is 0 Å². The van der Waals surface area contributed by atoms with E-state index in [1.165, 1.54) is 283 Å². The van der Waals surface area contributed by atoms with Gasteiger partial charge in [0.2, 0.25) is 5.91 Å². The summed E-state index contributed by atoms with van der Waals surface area (Å²) in [4.78, 5) is 12.5. The van der Waals surface area contributed by atoms with E-state index >= 15 is 0 Å². The van der Waals surface area contributed by atoms with E-state index in [1.807, 2.05) is 6.08 Å². The SMILES string of the molecule is CCCCCCC/C=C\C/C=C\C/C=C\CCCCCCCCCCCCCCCCC(=O)NC(CO)C(O)/C=C/CC/C=C/CCCCCCCCCCCCCCCCCCCCCCCCCCC. The van der Waals surface area contributed by atoms with Crippen molar-refractivity contribution in [1.29, 1.82) is 0 Å². The molecule has 4 heteroatoms. The van der Waals surface area contributed by atoms with Crippen molar-refractivity contribution >= 4 is 5.91 Å². The summed E-state index contributed by atoms with van der Waals surface area (Å²) in [6, 6.07) is -0.643. The number of nitrogens with one attached hydrogen (secondary N) is 1. The summed E-state index contributed by atoms with van der Waals surface area (Å²) in [5.41, 5.74) is 0. The van der Waals surface area contributed by atoms with Crippen LogP contribution in [0.25, 0.3) is 0 Å². The van der Waals surface area contributed by atoms with Crippen molar-refractivity contribution in [2.24, 2.45) is 0 Å². The average molecular weight is 1010 g/mol. The number of rotatable bonds is 60. The molecule has 72 heavy (non-hydrogen) atoms. The number of hydrogen-bond donors (Lipinski definition) is 3. The summed E-state index contributed by atoms with van der Waals surface area (Å²) in [5.74, 6) is -0.0713. The lowest BCUT2D eigenvalue weighted by Gasteiger charge is -2.19. The molecule has 0 aromatic heterocycles. The highest BCUT2D eigenvalue weighted by Crippen LogP contribution is 2.18. The predicted molar refractivity (Wildman–Crippen MR) is 322 cm³/mol. The van der Waals surface area contributed by atoms with E-state index in [0.717, 1.165) is 44.9 Å². The minimum atomic E-state index is -0.866. The fourth-order valence-electron chi connectivity index (χ4n) is 10.0. The highest BCUT2D eigenvalue weighted by Gasteiger charge is 2.18. The Bertz CT molecular complexity index is 1190. The van der Waals surface area contributed by atoms with Crippen LogP contribution in [0.15, 0.2) is 60.8 Å². The normalized spacial score (nSPS) is 13.1. The summed E-state index contributed by atoms with van der Waals surface area (Å²) >= 11 is 0. The van der Waals surface area contributed by atoms with Gasteiger partial charge in [0, 0.05) is 6.42 Å². The van der Waals surface area contributed by atoms with Gasteiger partial charge in [-0.1, -0.05) is 331 Å². The largest absolute Gasteiger partial charge is 0.394 e. The van der Waals surface area contributed by atoms with Gasteiger partial charge in [-0.15, -0.1) is 0 Å². The molecule has 0 aromatic carbocycles. The molecule has 422 valence electrons. The number of allylic oxidation sites excluding steroid dienone is 9. The first-order chi connectivity index (χ1) is 35.7. The van der Waals surface area contributed by atoms with Crippen LogP contribution in [-0.2, 0) is 4.79 Å². The summed E-state index contributed by atoms with van der Waals surface area (Å²) in [6.45, 7) is 4.32. The molecule has 4 nitrogen and oxygen atoms in total. The Balaban J connectivity index is 3.50. The molecule has 3 N–H and O–H groups in total. The molecule has 0 spiro atoms. The molecule has 0 radical (unpaired) electrons. The average Bonchev–Trinajstić information content (AvgIpc) is 3.39. The maximum atomic E-state index is 12.5. The molecule has 0 saturated carbocycles. The predicted octanol–water partition coefficient (Wildman–Crippen LogP) is 21.9. The van der Waals surface area contributed by atoms with E-state index in [-0.39, 0.29) is 12.5 Å². The van der Waals surface area contributed by atoms with Gasteiger partial charge in [0.15, 0.2) is 0 Å². The van der Waals surface area contributed by atoms with Crippen molar-refractivity contribution in [1.82, 2.24) is 5.32 Å². The zero-order valence-corrected chi connectivity index (χ0v) is 48.7. The Morgan fingerprint density at radius 1 is 0.333 bits per heavy atom. The number of amides is 1. The number of aliphatic hydroxyl groups is 2. The molecule has 0 fully saturated rings. The monoisotopic (exact) mass is 1010 g/mol. The van der Waals surface area contributed by atoms with E-state index in [0.29, 0.717) is 6.42 Å². The van der Waals surface area contributed by atoms with Gasteiger partial charge in [-0.05, 0) is 70.6 Å². The van der Waals surface area contributed by atoms with Crippen LogP contribution in [-0.4, -0.2) is 34.9 Å². The van der Waals surface area contributed by atoms with E-state index in [9.17, 15) is 15.0 Å². The Labute approximate surface area is 451 Å². The van der Waals surface area contributed by atoms with Gasteiger partial charge in [0.25, 0.3) is 0 Å². The van der Waals surface area contributed by atoms with Crippen LogP contribution in [0.5, 0.6) is 0 Å². The molecular weight excluding hydrogens is 879 g/mol. The first-order valence-electron chi connectivity index (χ1n) is 32.5. The molecule has 0 aliphatic carbocycles. The molecule has 0 bridgehead atoms. The first kappa shape index (κ1) is 70.1. The zero-order chi connectivity index (χ0) is 52.0.